The second-order valence-corrected chi connectivity index (χ2v) is 9.06. The molecule has 1 fully saturated rings. The number of halogens is 1. The van der Waals surface area contributed by atoms with E-state index in [4.69, 9.17) is 16.1 Å². The maximum atomic E-state index is 6.08. The molecule has 0 spiro atoms. The van der Waals surface area contributed by atoms with Crippen LogP contribution in [0.4, 0.5) is 0 Å². The first-order chi connectivity index (χ1) is 13.4. The van der Waals surface area contributed by atoms with Crippen LogP contribution in [-0.2, 0) is 0 Å². The van der Waals surface area contributed by atoms with Crippen molar-refractivity contribution in [3.8, 4) is 5.69 Å². The number of benzene rings is 1. The predicted octanol–water partition coefficient (Wildman–Crippen LogP) is 4.66. The Morgan fingerprint density at radius 1 is 1.18 bits per heavy atom. The Bertz CT molecular complexity index is 950. The minimum atomic E-state index is -0.0298. The number of aromatic nitrogens is 5. The highest BCUT2D eigenvalue weighted by atomic mass is 35.5. The molecule has 0 aliphatic heterocycles. The van der Waals surface area contributed by atoms with Crippen LogP contribution < -0.4 is 0 Å². The van der Waals surface area contributed by atoms with Crippen LogP contribution in [0.3, 0.4) is 0 Å². The van der Waals surface area contributed by atoms with Crippen LogP contribution in [0.2, 0.25) is 5.02 Å². The van der Waals surface area contributed by atoms with Gasteiger partial charge in [-0.05, 0) is 65.0 Å². The molecule has 28 heavy (non-hydrogen) atoms. The van der Waals surface area contributed by atoms with E-state index in [1.54, 1.807) is 11.8 Å². The summed E-state index contributed by atoms with van der Waals surface area (Å²) in [4.78, 5) is 6.68. The lowest BCUT2D eigenvalue weighted by molar-refractivity contribution is 0.305. The Kier molecular flexibility index (Phi) is 5.44. The van der Waals surface area contributed by atoms with Crippen LogP contribution in [0, 0.1) is 0 Å². The molecule has 2 heterocycles. The van der Waals surface area contributed by atoms with Crippen LogP contribution in [0.5, 0.6) is 0 Å². The Labute approximate surface area is 173 Å². The fourth-order valence-electron chi connectivity index (χ4n) is 2.82. The maximum Gasteiger partial charge on any atom is 0.239 e. The summed E-state index contributed by atoms with van der Waals surface area (Å²) in [5, 5.41) is 14.5. The molecule has 0 amide bonds. The quantitative estimate of drug-likeness (QED) is 0.516. The molecule has 2 unspecified atom stereocenters. The van der Waals surface area contributed by atoms with E-state index in [-0.39, 0.29) is 11.3 Å². The number of rotatable bonds is 7. The second-order valence-electron chi connectivity index (χ2n) is 7.32. The first kappa shape index (κ1) is 19.4. The van der Waals surface area contributed by atoms with Crippen molar-refractivity contribution < 1.29 is 4.52 Å². The predicted molar refractivity (Wildman–Crippen MR) is 109 cm³/mol. The summed E-state index contributed by atoms with van der Waals surface area (Å²) in [6.07, 6.45) is 2.30. The van der Waals surface area contributed by atoms with Gasteiger partial charge in [-0.3, -0.25) is 9.47 Å². The van der Waals surface area contributed by atoms with Crippen molar-refractivity contribution >= 4 is 23.4 Å². The molecule has 2 atom stereocenters. The number of hydrogen-bond acceptors (Lipinski definition) is 7. The Morgan fingerprint density at radius 3 is 2.54 bits per heavy atom. The smallest absolute Gasteiger partial charge is 0.239 e. The molecule has 0 bridgehead atoms. The van der Waals surface area contributed by atoms with Gasteiger partial charge in [0.15, 0.2) is 16.8 Å². The summed E-state index contributed by atoms with van der Waals surface area (Å²) < 4.78 is 7.56. The molecule has 0 saturated heterocycles. The van der Waals surface area contributed by atoms with Crippen molar-refractivity contribution in [3.05, 3.63) is 46.8 Å². The molecule has 148 valence electrons. The first-order valence-electron chi connectivity index (χ1n) is 9.32. The zero-order valence-electron chi connectivity index (χ0n) is 16.3. The van der Waals surface area contributed by atoms with Crippen molar-refractivity contribution in [1.82, 2.24) is 29.8 Å². The fraction of sp³-hybridized carbons (Fsp3) is 0.474. The van der Waals surface area contributed by atoms with E-state index in [0.717, 1.165) is 35.3 Å². The van der Waals surface area contributed by atoms with Crippen molar-refractivity contribution in [2.75, 3.05) is 14.1 Å². The number of thioether (sulfide) groups is 1. The molecular weight excluding hydrogens is 396 g/mol. The zero-order chi connectivity index (χ0) is 19.8. The standard InChI is InChI=1S/C19H23ClN6OS/c1-11(25(3)4)17-22-23-19(26(17)15-9-7-14(20)8-10-15)28-12(2)18-21-16(24-27-18)13-5-6-13/h7-13H,5-6H2,1-4H3. The van der Waals surface area contributed by atoms with Crippen LogP contribution in [0.1, 0.15) is 61.4 Å². The molecule has 2 aromatic heterocycles. The van der Waals surface area contributed by atoms with Gasteiger partial charge in [0.1, 0.15) is 0 Å². The van der Waals surface area contributed by atoms with Gasteiger partial charge in [-0.15, -0.1) is 10.2 Å². The van der Waals surface area contributed by atoms with Crippen LogP contribution >= 0.6 is 23.4 Å². The SMILES string of the molecule is CC(Sc1nnc(C(C)N(C)C)n1-c1ccc(Cl)cc1)c1nc(C2CC2)no1. The van der Waals surface area contributed by atoms with Crippen molar-refractivity contribution in [3.63, 3.8) is 0 Å². The van der Waals surface area contributed by atoms with Gasteiger partial charge < -0.3 is 4.52 Å². The second kappa shape index (κ2) is 7.85. The third kappa shape index (κ3) is 3.94. The van der Waals surface area contributed by atoms with Crippen molar-refractivity contribution in [1.29, 1.82) is 0 Å². The van der Waals surface area contributed by atoms with E-state index >= 15 is 0 Å². The lowest BCUT2D eigenvalue weighted by Crippen LogP contribution is -2.20. The molecule has 1 saturated carbocycles. The van der Waals surface area contributed by atoms with Gasteiger partial charge in [-0.1, -0.05) is 28.5 Å². The highest BCUT2D eigenvalue weighted by Crippen LogP contribution is 2.40. The number of hydrogen-bond donors (Lipinski definition) is 0. The topological polar surface area (TPSA) is 72.9 Å². The average molecular weight is 419 g/mol. The minimum absolute atomic E-state index is 0.0298. The monoisotopic (exact) mass is 418 g/mol. The molecule has 7 nitrogen and oxygen atoms in total. The van der Waals surface area contributed by atoms with E-state index in [1.165, 1.54) is 0 Å². The number of nitrogens with zero attached hydrogens (tertiary/aromatic N) is 6. The molecule has 0 N–H and O–H groups in total. The van der Waals surface area contributed by atoms with Gasteiger partial charge in [-0.2, -0.15) is 4.98 Å². The third-order valence-corrected chi connectivity index (χ3v) is 6.20. The van der Waals surface area contributed by atoms with E-state index in [2.05, 4.69) is 36.7 Å². The minimum Gasteiger partial charge on any atom is -0.338 e. The lowest BCUT2D eigenvalue weighted by atomic mass is 10.2. The average Bonchev–Trinajstić information content (AvgIpc) is 3.25. The summed E-state index contributed by atoms with van der Waals surface area (Å²) in [5.74, 6) is 2.79. The van der Waals surface area contributed by atoms with Crippen LogP contribution in [-0.4, -0.2) is 43.9 Å². The third-order valence-electron chi connectivity index (χ3n) is 4.92. The Hall–Kier alpha value is -1.90. The van der Waals surface area contributed by atoms with Gasteiger partial charge >= 0.3 is 0 Å². The highest BCUT2D eigenvalue weighted by Gasteiger charge is 2.30. The Morgan fingerprint density at radius 2 is 1.89 bits per heavy atom. The van der Waals surface area contributed by atoms with E-state index in [0.29, 0.717) is 16.8 Å². The molecule has 4 rings (SSSR count). The molecular formula is C19H23ClN6OS. The van der Waals surface area contributed by atoms with Crippen LogP contribution in [0.15, 0.2) is 33.9 Å². The summed E-state index contributed by atoms with van der Waals surface area (Å²) in [6, 6.07) is 7.80. The van der Waals surface area contributed by atoms with Gasteiger partial charge in [-0.25, -0.2) is 0 Å². The fourth-order valence-corrected chi connectivity index (χ4v) is 3.85. The van der Waals surface area contributed by atoms with Crippen molar-refractivity contribution in [2.45, 2.75) is 49.1 Å². The summed E-state index contributed by atoms with van der Waals surface area (Å²) in [5.41, 5.74) is 0.969. The van der Waals surface area contributed by atoms with Crippen LogP contribution in [0.25, 0.3) is 5.69 Å². The zero-order valence-corrected chi connectivity index (χ0v) is 17.9. The van der Waals surface area contributed by atoms with Gasteiger partial charge in [0, 0.05) is 16.6 Å². The van der Waals surface area contributed by atoms with Crippen molar-refractivity contribution in [2.24, 2.45) is 0 Å². The Balaban J connectivity index is 1.66. The molecule has 0 radical (unpaired) electrons. The van der Waals surface area contributed by atoms with E-state index in [9.17, 15) is 0 Å². The lowest BCUT2D eigenvalue weighted by Gasteiger charge is -2.20. The van der Waals surface area contributed by atoms with E-state index < -0.39 is 0 Å². The molecule has 1 aromatic carbocycles. The van der Waals surface area contributed by atoms with E-state index in [1.807, 2.05) is 45.3 Å². The summed E-state index contributed by atoms with van der Waals surface area (Å²) in [6.45, 7) is 4.15. The highest BCUT2D eigenvalue weighted by molar-refractivity contribution is 7.99. The maximum absolute atomic E-state index is 6.08. The molecule has 3 aromatic rings. The largest absolute Gasteiger partial charge is 0.338 e. The summed E-state index contributed by atoms with van der Waals surface area (Å²) in [7, 11) is 4.05. The summed E-state index contributed by atoms with van der Waals surface area (Å²) >= 11 is 7.64. The molecule has 9 heteroatoms. The first-order valence-corrected chi connectivity index (χ1v) is 10.6. The molecule has 1 aliphatic carbocycles. The normalized spacial score (nSPS) is 16.5. The van der Waals surface area contributed by atoms with Gasteiger partial charge in [0.25, 0.3) is 0 Å². The van der Waals surface area contributed by atoms with Gasteiger partial charge in [0.05, 0.1) is 11.3 Å². The van der Waals surface area contributed by atoms with Gasteiger partial charge in [0.2, 0.25) is 5.89 Å². The molecule has 1 aliphatic rings.